The number of nitrogens with zero attached hydrogens (tertiary/aromatic N) is 1. The predicted octanol–water partition coefficient (Wildman–Crippen LogP) is 0.783. The Kier molecular flexibility index (Phi) is 4.04. The van der Waals surface area contributed by atoms with Crippen molar-refractivity contribution in [1.82, 2.24) is 4.90 Å². The van der Waals surface area contributed by atoms with E-state index in [2.05, 4.69) is 0 Å². The van der Waals surface area contributed by atoms with Crippen LogP contribution >= 0.6 is 0 Å². The minimum atomic E-state index is -0.479. The number of rotatable bonds is 2. The van der Waals surface area contributed by atoms with Gasteiger partial charge in [0.15, 0.2) is 0 Å². The van der Waals surface area contributed by atoms with Crippen LogP contribution in [0.25, 0.3) is 0 Å². The molecule has 0 aromatic heterocycles. The summed E-state index contributed by atoms with van der Waals surface area (Å²) in [7, 11) is 0. The van der Waals surface area contributed by atoms with Crippen LogP contribution in [0.1, 0.15) is 39.0 Å². The minimum absolute atomic E-state index is 0.109. The summed E-state index contributed by atoms with van der Waals surface area (Å²) in [5.41, 5.74) is 0. The first-order valence-electron chi connectivity index (χ1n) is 7.88. The van der Waals surface area contributed by atoms with Crippen LogP contribution in [0.15, 0.2) is 12.2 Å². The number of amides is 2. The van der Waals surface area contributed by atoms with Gasteiger partial charge in [0.25, 0.3) is 0 Å². The zero-order valence-corrected chi connectivity index (χ0v) is 12.6. The Bertz CT molecular complexity index is 529. The molecule has 1 saturated heterocycles. The largest absolute Gasteiger partial charge is 0.458 e. The molecule has 5 atom stereocenters. The number of fused-ring (bicyclic) bond motifs is 1. The van der Waals surface area contributed by atoms with Gasteiger partial charge < -0.3 is 9.84 Å². The highest BCUT2D eigenvalue weighted by Gasteiger charge is 2.51. The Balaban J connectivity index is 1.72. The summed E-state index contributed by atoms with van der Waals surface area (Å²) in [6.07, 6.45) is 5.57. The van der Waals surface area contributed by atoms with E-state index in [1.165, 1.54) is 11.8 Å². The van der Waals surface area contributed by atoms with Crippen LogP contribution in [-0.4, -0.2) is 46.0 Å². The predicted molar refractivity (Wildman–Crippen MR) is 76.4 cm³/mol. The van der Waals surface area contributed by atoms with Crippen molar-refractivity contribution in [2.75, 3.05) is 0 Å². The maximum absolute atomic E-state index is 12.5. The van der Waals surface area contributed by atoms with E-state index < -0.39 is 6.10 Å². The molecule has 0 bridgehead atoms. The van der Waals surface area contributed by atoms with E-state index >= 15 is 0 Å². The SMILES string of the molecule is CC(=O)OC1C=CC(N2C(=O)C3CCC(O)CC3C2=O)CC1. The smallest absolute Gasteiger partial charge is 0.303 e. The van der Waals surface area contributed by atoms with Crippen LogP contribution in [-0.2, 0) is 19.1 Å². The maximum atomic E-state index is 12.5. The van der Waals surface area contributed by atoms with Crippen LogP contribution < -0.4 is 0 Å². The normalized spacial score (nSPS) is 38.1. The van der Waals surface area contributed by atoms with Gasteiger partial charge in [0.2, 0.25) is 11.8 Å². The number of likely N-dealkylation sites (tertiary alicyclic amines) is 1. The maximum Gasteiger partial charge on any atom is 0.303 e. The van der Waals surface area contributed by atoms with Crippen molar-refractivity contribution in [2.24, 2.45) is 11.8 Å². The van der Waals surface area contributed by atoms with Crippen LogP contribution in [0.2, 0.25) is 0 Å². The summed E-state index contributed by atoms with van der Waals surface area (Å²) >= 11 is 0. The number of carbonyl (C=O) groups excluding carboxylic acids is 3. The molecule has 0 aromatic carbocycles. The molecule has 1 heterocycles. The Hall–Kier alpha value is -1.69. The second-order valence-electron chi connectivity index (χ2n) is 6.40. The third kappa shape index (κ3) is 2.67. The Morgan fingerprint density at radius 2 is 1.86 bits per heavy atom. The first kappa shape index (κ1) is 15.2. The highest BCUT2D eigenvalue weighted by molar-refractivity contribution is 6.05. The molecule has 2 amide bonds. The highest BCUT2D eigenvalue weighted by atomic mass is 16.5. The summed E-state index contributed by atoms with van der Waals surface area (Å²) in [5, 5.41) is 9.73. The zero-order valence-electron chi connectivity index (χ0n) is 12.6. The number of aliphatic hydroxyl groups excluding tert-OH is 1. The molecule has 1 N–H and O–H groups in total. The lowest BCUT2D eigenvalue weighted by molar-refractivity contribution is -0.147. The second kappa shape index (κ2) is 5.83. The quantitative estimate of drug-likeness (QED) is 0.463. The van der Waals surface area contributed by atoms with Gasteiger partial charge in [-0.05, 0) is 38.2 Å². The van der Waals surface area contributed by atoms with Gasteiger partial charge in [-0.25, -0.2) is 0 Å². The van der Waals surface area contributed by atoms with Crippen LogP contribution in [0, 0.1) is 11.8 Å². The lowest BCUT2D eigenvalue weighted by Gasteiger charge is -2.29. The summed E-state index contributed by atoms with van der Waals surface area (Å²) < 4.78 is 5.12. The van der Waals surface area contributed by atoms with Gasteiger partial charge in [-0.15, -0.1) is 0 Å². The van der Waals surface area contributed by atoms with E-state index in [0.29, 0.717) is 32.1 Å². The molecule has 0 spiro atoms. The molecular weight excluding hydrogens is 286 g/mol. The molecule has 2 fully saturated rings. The molecule has 6 heteroatoms. The van der Waals surface area contributed by atoms with E-state index in [4.69, 9.17) is 4.74 Å². The number of hydrogen-bond acceptors (Lipinski definition) is 5. The van der Waals surface area contributed by atoms with Crippen molar-refractivity contribution in [3.8, 4) is 0 Å². The number of aliphatic hydroxyl groups is 1. The minimum Gasteiger partial charge on any atom is -0.458 e. The average Bonchev–Trinajstić information content (AvgIpc) is 2.71. The molecule has 1 saturated carbocycles. The molecule has 2 aliphatic carbocycles. The highest BCUT2D eigenvalue weighted by Crippen LogP contribution is 2.40. The number of imide groups is 1. The molecule has 120 valence electrons. The van der Waals surface area contributed by atoms with E-state index in [-0.39, 0.29) is 41.8 Å². The monoisotopic (exact) mass is 307 g/mol. The third-order valence-corrected chi connectivity index (χ3v) is 4.88. The Morgan fingerprint density at radius 3 is 2.50 bits per heavy atom. The standard InChI is InChI=1S/C16H21NO5/c1-9(18)22-12-5-2-10(3-6-12)17-15(20)13-7-4-11(19)8-14(13)16(17)21/h2,5,10-14,19H,3-4,6-8H2,1H3. The van der Waals surface area contributed by atoms with Gasteiger partial charge in [0.05, 0.1) is 24.0 Å². The zero-order chi connectivity index (χ0) is 15.9. The molecular formula is C16H21NO5. The van der Waals surface area contributed by atoms with Crippen molar-refractivity contribution in [1.29, 1.82) is 0 Å². The fourth-order valence-corrected chi connectivity index (χ4v) is 3.82. The lowest BCUT2D eigenvalue weighted by atomic mass is 9.80. The van der Waals surface area contributed by atoms with E-state index in [1.807, 2.05) is 0 Å². The van der Waals surface area contributed by atoms with Crippen molar-refractivity contribution in [2.45, 2.75) is 57.3 Å². The Morgan fingerprint density at radius 1 is 1.14 bits per heavy atom. The summed E-state index contributed by atoms with van der Waals surface area (Å²) in [4.78, 5) is 37.4. The van der Waals surface area contributed by atoms with Gasteiger partial charge in [-0.1, -0.05) is 6.08 Å². The van der Waals surface area contributed by atoms with E-state index in [9.17, 15) is 19.5 Å². The van der Waals surface area contributed by atoms with Gasteiger partial charge in [-0.3, -0.25) is 19.3 Å². The molecule has 5 unspecified atom stereocenters. The lowest BCUT2D eigenvalue weighted by Crippen LogP contribution is -2.41. The summed E-state index contributed by atoms with van der Waals surface area (Å²) in [5.74, 6) is -1.23. The van der Waals surface area contributed by atoms with Crippen molar-refractivity contribution in [3.05, 3.63) is 12.2 Å². The fraction of sp³-hybridized carbons (Fsp3) is 0.688. The molecule has 6 nitrogen and oxygen atoms in total. The van der Waals surface area contributed by atoms with E-state index in [0.717, 1.165) is 0 Å². The van der Waals surface area contributed by atoms with Crippen molar-refractivity contribution >= 4 is 17.8 Å². The number of esters is 1. The molecule has 0 radical (unpaired) electrons. The Labute approximate surface area is 129 Å². The van der Waals surface area contributed by atoms with Gasteiger partial charge in [0.1, 0.15) is 6.10 Å². The number of hydrogen-bond donors (Lipinski definition) is 1. The molecule has 22 heavy (non-hydrogen) atoms. The molecule has 3 rings (SSSR count). The molecule has 3 aliphatic rings. The topological polar surface area (TPSA) is 83.9 Å². The van der Waals surface area contributed by atoms with Crippen LogP contribution in [0.3, 0.4) is 0 Å². The van der Waals surface area contributed by atoms with Gasteiger partial charge >= 0.3 is 5.97 Å². The molecule has 1 aliphatic heterocycles. The third-order valence-electron chi connectivity index (χ3n) is 4.88. The van der Waals surface area contributed by atoms with Crippen LogP contribution in [0.4, 0.5) is 0 Å². The fourth-order valence-electron chi connectivity index (χ4n) is 3.82. The average molecular weight is 307 g/mol. The summed E-state index contributed by atoms with van der Waals surface area (Å²) in [6.45, 7) is 1.36. The first-order valence-corrected chi connectivity index (χ1v) is 7.88. The van der Waals surface area contributed by atoms with Crippen LogP contribution in [0.5, 0.6) is 0 Å². The van der Waals surface area contributed by atoms with Gasteiger partial charge in [0, 0.05) is 6.92 Å². The van der Waals surface area contributed by atoms with Crippen molar-refractivity contribution in [3.63, 3.8) is 0 Å². The number of carbonyl (C=O) groups is 3. The molecule has 0 aromatic rings. The summed E-state index contributed by atoms with van der Waals surface area (Å²) in [6, 6.07) is -0.255. The first-order chi connectivity index (χ1) is 10.5. The number of ether oxygens (including phenoxy) is 1. The second-order valence-corrected chi connectivity index (χ2v) is 6.40. The van der Waals surface area contributed by atoms with Gasteiger partial charge in [-0.2, -0.15) is 0 Å². The van der Waals surface area contributed by atoms with E-state index in [1.54, 1.807) is 12.2 Å². The van der Waals surface area contributed by atoms with Crippen molar-refractivity contribution < 1.29 is 24.2 Å².